The molecule has 0 bridgehead atoms. The number of aliphatic hydroxyl groups is 1. The smallest absolute Gasteiger partial charge is 0.309 e. The molecule has 1 saturated carbocycles. The highest BCUT2D eigenvalue weighted by Gasteiger charge is 2.69. The van der Waals surface area contributed by atoms with Crippen LogP contribution in [0.1, 0.15) is 66.2 Å². The SMILES string of the molecule is CC(C)[C@]12O[C@H]1CC1=C(CC[C@H]3[C@](C)(C(=O)O)CCC[C@]13C)[C@H]2O. The molecule has 0 aromatic carbocycles. The second kappa shape index (κ2) is 4.85. The number of carboxylic acids is 1. The molecule has 0 aromatic heterocycles. The average molecular weight is 334 g/mol. The van der Waals surface area contributed by atoms with Gasteiger partial charge in [0.2, 0.25) is 0 Å². The summed E-state index contributed by atoms with van der Waals surface area (Å²) in [7, 11) is 0. The van der Waals surface area contributed by atoms with Crippen LogP contribution in [0.2, 0.25) is 0 Å². The number of carbonyl (C=O) groups is 1. The van der Waals surface area contributed by atoms with Crippen LogP contribution in [-0.4, -0.2) is 34.0 Å². The first-order valence-corrected chi connectivity index (χ1v) is 9.49. The highest BCUT2D eigenvalue weighted by Crippen LogP contribution is 2.66. The third-order valence-electron chi connectivity index (χ3n) is 8.04. The fourth-order valence-electron chi connectivity index (χ4n) is 6.55. The van der Waals surface area contributed by atoms with Crippen molar-refractivity contribution < 1.29 is 19.7 Å². The molecule has 3 aliphatic carbocycles. The molecule has 4 nitrogen and oxygen atoms in total. The van der Waals surface area contributed by atoms with Crippen molar-refractivity contribution in [2.45, 2.75) is 84.0 Å². The summed E-state index contributed by atoms with van der Waals surface area (Å²) in [6.07, 6.45) is 4.92. The van der Waals surface area contributed by atoms with E-state index in [9.17, 15) is 15.0 Å². The summed E-state index contributed by atoms with van der Waals surface area (Å²) in [4.78, 5) is 12.0. The first kappa shape index (κ1) is 16.6. The molecule has 4 aliphatic rings. The van der Waals surface area contributed by atoms with Gasteiger partial charge in [0.25, 0.3) is 0 Å². The molecule has 4 rings (SSSR count). The molecule has 24 heavy (non-hydrogen) atoms. The number of fused-ring (bicyclic) bond motifs is 3. The predicted molar refractivity (Wildman–Crippen MR) is 90.5 cm³/mol. The van der Waals surface area contributed by atoms with Crippen LogP contribution in [0.25, 0.3) is 0 Å². The summed E-state index contributed by atoms with van der Waals surface area (Å²) >= 11 is 0. The Kier molecular flexibility index (Phi) is 3.35. The molecule has 1 heterocycles. The number of ether oxygens (including phenoxy) is 1. The largest absolute Gasteiger partial charge is 0.481 e. The second-order valence-corrected chi connectivity index (χ2v) is 9.31. The minimum absolute atomic E-state index is 0.102. The van der Waals surface area contributed by atoms with Crippen LogP contribution in [-0.2, 0) is 9.53 Å². The van der Waals surface area contributed by atoms with E-state index in [4.69, 9.17) is 4.74 Å². The monoisotopic (exact) mass is 334 g/mol. The van der Waals surface area contributed by atoms with E-state index < -0.39 is 17.5 Å². The highest BCUT2D eigenvalue weighted by atomic mass is 16.6. The molecule has 1 saturated heterocycles. The Morgan fingerprint density at radius 3 is 2.62 bits per heavy atom. The van der Waals surface area contributed by atoms with Crippen molar-refractivity contribution in [2.75, 3.05) is 0 Å². The van der Waals surface area contributed by atoms with Crippen molar-refractivity contribution in [3.8, 4) is 0 Å². The van der Waals surface area contributed by atoms with E-state index in [0.29, 0.717) is 5.92 Å². The zero-order chi connectivity index (χ0) is 17.5. The minimum atomic E-state index is -0.655. The maximum absolute atomic E-state index is 12.0. The quantitative estimate of drug-likeness (QED) is 0.599. The fourth-order valence-corrected chi connectivity index (χ4v) is 6.55. The Balaban J connectivity index is 1.77. The number of aliphatic hydroxyl groups excluding tert-OH is 1. The van der Waals surface area contributed by atoms with Crippen LogP contribution < -0.4 is 0 Å². The lowest BCUT2D eigenvalue weighted by molar-refractivity contribution is -0.159. The van der Waals surface area contributed by atoms with Crippen molar-refractivity contribution in [3.05, 3.63) is 11.1 Å². The molecule has 0 spiro atoms. The van der Waals surface area contributed by atoms with Crippen molar-refractivity contribution >= 4 is 5.97 Å². The lowest BCUT2D eigenvalue weighted by Crippen LogP contribution is -2.53. The fraction of sp³-hybridized carbons (Fsp3) is 0.850. The second-order valence-electron chi connectivity index (χ2n) is 9.31. The number of rotatable bonds is 2. The topological polar surface area (TPSA) is 70.1 Å². The summed E-state index contributed by atoms with van der Waals surface area (Å²) < 4.78 is 6.05. The number of carboxylic acid groups (broad SMARTS) is 1. The van der Waals surface area contributed by atoms with Crippen LogP contribution >= 0.6 is 0 Å². The first-order chi connectivity index (χ1) is 11.2. The maximum Gasteiger partial charge on any atom is 0.309 e. The van der Waals surface area contributed by atoms with E-state index in [-0.39, 0.29) is 23.0 Å². The van der Waals surface area contributed by atoms with E-state index in [1.807, 2.05) is 6.92 Å². The molecule has 0 amide bonds. The predicted octanol–water partition coefficient (Wildman–Crippen LogP) is 3.53. The summed E-state index contributed by atoms with van der Waals surface area (Å²) in [5.41, 5.74) is 1.37. The van der Waals surface area contributed by atoms with Gasteiger partial charge in [-0.05, 0) is 61.9 Å². The van der Waals surface area contributed by atoms with Gasteiger partial charge in [0.15, 0.2) is 0 Å². The molecule has 0 unspecified atom stereocenters. The lowest BCUT2D eigenvalue weighted by atomic mass is 9.47. The zero-order valence-electron chi connectivity index (χ0n) is 15.3. The van der Waals surface area contributed by atoms with Crippen molar-refractivity contribution in [3.63, 3.8) is 0 Å². The van der Waals surface area contributed by atoms with Crippen LogP contribution in [0, 0.1) is 22.7 Å². The van der Waals surface area contributed by atoms with Crippen LogP contribution in [0.4, 0.5) is 0 Å². The van der Waals surface area contributed by atoms with Crippen LogP contribution in [0.3, 0.4) is 0 Å². The van der Waals surface area contributed by atoms with Gasteiger partial charge in [-0.1, -0.05) is 32.8 Å². The van der Waals surface area contributed by atoms with Gasteiger partial charge < -0.3 is 14.9 Å². The number of hydrogen-bond donors (Lipinski definition) is 2. The molecule has 134 valence electrons. The van der Waals surface area contributed by atoms with Gasteiger partial charge in [0, 0.05) is 0 Å². The van der Waals surface area contributed by atoms with E-state index >= 15 is 0 Å². The van der Waals surface area contributed by atoms with Gasteiger partial charge in [-0.3, -0.25) is 4.79 Å². The molecule has 0 radical (unpaired) electrons. The summed E-state index contributed by atoms with van der Waals surface area (Å²) in [5.74, 6) is -0.196. The van der Waals surface area contributed by atoms with Crippen molar-refractivity contribution in [1.29, 1.82) is 0 Å². The van der Waals surface area contributed by atoms with E-state index in [2.05, 4.69) is 20.8 Å². The molecular formula is C20H30O4. The molecule has 2 N–H and O–H groups in total. The first-order valence-electron chi connectivity index (χ1n) is 9.49. The molecular weight excluding hydrogens is 304 g/mol. The van der Waals surface area contributed by atoms with Gasteiger partial charge in [-0.15, -0.1) is 0 Å². The number of epoxide rings is 1. The zero-order valence-corrected chi connectivity index (χ0v) is 15.3. The Morgan fingerprint density at radius 2 is 2.00 bits per heavy atom. The summed E-state index contributed by atoms with van der Waals surface area (Å²) in [6, 6.07) is 0. The summed E-state index contributed by atoms with van der Waals surface area (Å²) in [6.45, 7) is 8.45. The molecule has 6 atom stereocenters. The number of hydrogen-bond acceptors (Lipinski definition) is 3. The van der Waals surface area contributed by atoms with Gasteiger partial charge in [-0.2, -0.15) is 0 Å². The molecule has 2 fully saturated rings. The third kappa shape index (κ3) is 1.79. The van der Waals surface area contributed by atoms with Gasteiger partial charge in [0.05, 0.1) is 11.5 Å². The Morgan fingerprint density at radius 1 is 1.29 bits per heavy atom. The Labute approximate surface area is 144 Å². The summed E-state index contributed by atoms with van der Waals surface area (Å²) in [5, 5.41) is 21.0. The average Bonchev–Trinajstić information content (AvgIpc) is 3.24. The molecule has 0 aromatic rings. The van der Waals surface area contributed by atoms with Crippen LogP contribution in [0.5, 0.6) is 0 Å². The van der Waals surface area contributed by atoms with Gasteiger partial charge in [-0.25, -0.2) is 0 Å². The minimum Gasteiger partial charge on any atom is -0.481 e. The van der Waals surface area contributed by atoms with Crippen LogP contribution in [0.15, 0.2) is 11.1 Å². The van der Waals surface area contributed by atoms with E-state index in [1.54, 1.807) is 0 Å². The normalized spacial score (nSPS) is 50.2. The standard InChI is InChI=1S/C20H30O4/c1-11(2)20-15(24-20)10-13-12(16(20)21)6-7-14-18(13,3)8-5-9-19(14,4)17(22)23/h11,14-16,21H,5-10H2,1-4H3,(H,22,23)/t14-,15+,16-,18-,19-,20+/m1/s1. The third-order valence-corrected chi connectivity index (χ3v) is 8.04. The molecule has 4 heteroatoms. The van der Waals surface area contributed by atoms with E-state index in [1.165, 1.54) is 11.1 Å². The number of aliphatic carboxylic acids is 1. The molecule has 1 aliphatic heterocycles. The van der Waals surface area contributed by atoms with E-state index in [0.717, 1.165) is 38.5 Å². The van der Waals surface area contributed by atoms with Gasteiger partial charge in [0.1, 0.15) is 11.7 Å². The van der Waals surface area contributed by atoms with Gasteiger partial charge >= 0.3 is 5.97 Å². The van der Waals surface area contributed by atoms with Crippen molar-refractivity contribution in [1.82, 2.24) is 0 Å². The Bertz CT molecular complexity index is 623. The van der Waals surface area contributed by atoms with Crippen molar-refractivity contribution in [2.24, 2.45) is 22.7 Å². The highest BCUT2D eigenvalue weighted by molar-refractivity contribution is 5.75. The lowest BCUT2D eigenvalue weighted by Gasteiger charge is -2.56. The Hall–Kier alpha value is -0.870. The maximum atomic E-state index is 12.0.